The van der Waals surface area contributed by atoms with Gasteiger partial charge in [-0.2, -0.15) is 15.8 Å². The maximum absolute atomic E-state index is 11.3. The van der Waals surface area contributed by atoms with Gasteiger partial charge in [0.25, 0.3) is 0 Å². The number of nitrogens with zero attached hydrogens (tertiary/aromatic N) is 8. The molecule has 13 aromatic rings. The highest BCUT2D eigenvalue weighted by Crippen LogP contribution is 2.51. The maximum atomic E-state index is 11.3. The Hall–Kier alpha value is -10.1. The molecule has 69 heavy (non-hydrogen) atoms. The third-order valence-corrected chi connectivity index (χ3v) is 13.3. The Kier molecular flexibility index (Phi) is 8.85. The number of aromatic nitrogens is 5. The van der Waals surface area contributed by atoms with Crippen molar-refractivity contribution < 1.29 is 0 Å². The number of benzene rings is 9. The van der Waals surface area contributed by atoms with Gasteiger partial charge in [-0.15, -0.1) is 0 Å². The van der Waals surface area contributed by atoms with Crippen LogP contribution in [0.3, 0.4) is 0 Å². The van der Waals surface area contributed by atoms with Crippen LogP contribution in [0.15, 0.2) is 206 Å². The third-order valence-electron chi connectivity index (χ3n) is 13.3. The van der Waals surface area contributed by atoms with Crippen LogP contribution in [0.5, 0.6) is 0 Å². The molecule has 0 saturated heterocycles. The van der Waals surface area contributed by atoms with E-state index in [9.17, 15) is 15.8 Å². The van der Waals surface area contributed by atoms with E-state index in [2.05, 4.69) is 86.5 Å². The van der Waals surface area contributed by atoms with Crippen LogP contribution in [-0.4, -0.2) is 23.7 Å². The Morgan fingerprint density at radius 2 is 0.696 bits per heavy atom. The number of fused-ring (bicyclic) bond motifs is 12. The lowest BCUT2D eigenvalue weighted by Gasteiger charge is -2.15. The van der Waals surface area contributed by atoms with Gasteiger partial charge in [-0.3, -0.25) is 0 Å². The predicted octanol–water partition coefficient (Wildman–Crippen LogP) is 14.4. The van der Waals surface area contributed by atoms with E-state index in [1.165, 1.54) is 0 Å². The lowest BCUT2D eigenvalue weighted by Crippen LogP contribution is -2.01. The van der Waals surface area contributed by atoms with Crippen LogP contribution < -0.4 is 0 Å². The molecule has 0 saturated carbocycles. The maximum Gasteiger partial charge on any atom is 0.160 e. The molecule has 0 N–H and O–H groups in total. The topological polar surface area (TPSA) is 112 Å². The summed E-state index contributed by atoms with van der Waals surface area (Å²) in [6.07, 6.45) is 0. The lowest BCUT2D eigenvalue weighted by atomic mass is 10.0. The summed E-state index contributed by atoms with van der Waals surface area (Å²) in [5, 5.41) is 38.6. The second-order valence-corrected chi connectivity index (χ2v) is 17.0. The van der Waals surface area contributed by atoms with Crippen LogP contribution in [0.2, 0.25) is 0 Å². The van der Waals surface area contributed by atoms with E-state index < -0.39 is 0 Å². The standard InChI is InChI=1S/C61H34N8/c62-35-41-21-7-12-26-49(41)67-52-28-14-9-23-44(52)55-58-56(45-24-10-15-29-53(45)68(58)50-27-13-8-22-42(50)36-63)60-57(59(55)67)46-25-11-16-30-54(46)69(60)51-32-31-40(33-43(51)37-64)48-34-47(38-17-3-1-4-18-38)65-61(66-48)39-19-5-2-6-20-39/h1-34H. The monoisotopic (exact) mass is 878 g/mol. The zero-order valence-electron chi connectivity index (χ0n) is 36.7. The Morgan fingerprint density at radius 1 is 0.319 bits per heavy atom. The highest BCUT2D eigenvalue weighted by atomic mass is 15.1. The zero-order valence-corrected chi connectivity index (χ0v) is 36.7. The first-order valence-corrected chi connectivity index (χ1v) is 22.6. The first-order valence-electron chi connectivity index (χ1n) is 22.6. The lowest BCUT2D eigenvalue weighted by molar-refractivity contribution is 1.16. The fourth-order valence-corrected chi connectivity index (χ4v) is 10.5. The van der Waals surface area contributed by atoms with Gasteiger partial charge in [-0.1, -0.05) is 146 Å². The van der Waals surface area contributed by atoms with Crippen molar-refractivity contribution in [2.75, 3.05) is 0 Å². The predicted molar refractivity (Wildman–Crippen MR) is 276 cm³/mol. The fourth-order valence-electron chi connectivity index (χ4n) is 10.5. The molecule has 0 aliphatic rings. The molecule has 0 fully saturated rings. The van der Waals surface area contributed by atoms with Gasteiger partial charge >= 0.3 is 0 Å². The summed E-state index contributed by atoms with van der Waals surface area (Å²) in [5.74, 6) is 0.589. The Balaban J connectivity index is 1.21. The molecule has 0 aliphatic heterocycles. The first-order chi connectivity index (χ1) is 34.1. The van der Waals surface area contributed by atoms with Crippen molar-refractivity contribution in [2.24, 2.45) is 0 Å². The molecule has 9 aromatic carbocycles. The molecule has 318 valence electrons. The van der Waals surface area contributed by atoms with E-state index in [1.807, 2.05) is 152 Å². The van der Waals surface area contributed by atoms with Gasteiger partial charge in [-0.25, -0.2) is 9.97 Å². The molecule has 0 unspecified atom stereocenters. The minimum atomic E-state index is 0.457. The van der Waals surface area contributed by atoms with Crippen molar-refractivity contribution >= 4 is 65.4 Å². The van der Waals surface area contributed by atoms with Crippen LogP contribution >= 0.6 is 0 Å². The number of hydrogen-bond acceptors (Lipinski definition) is 5. The van der Waals surface area contributed by atoms with Crippen LogP contribution in [-0.2, 0) is 0 Å². The van der Waals surface area contributed by atoms with Gasteiger partial charge in [0.1, 0.15) is 18.2 Å². The quantitative estimate of drug-likeness (QED) is 0.165. The Bertz CT molecular complexity index is 4250. The van der Waals surface area contributed by atoms with Gasteiger partial charge < -0.3 is 13.7 Å². The summed E-state index contributed by atoms with van der Waals surface area (Å²) in [6, 6.07) is 76.2. The molecule has 0 amide bonds. The summed E-state index contributed by atoms with van der Waals surface area (Å²) < 4.78 is 6.71. The van der Waals surface area contributed by atoms with Crippen molar-refractivity contribution in [1.82, 2.24) is 23.7 Å². The van der Waals surface area contributed by atoms with E-state index in [-0.39, 0.29) is 0 Å². The molecule has 4 aromatic heterocycles. The van der Waals surface area contributed by atoms with E-state index in [0.717, 1.165) is 99.2 Å². The van der Waals surface area contributed by atoms with Gasteiger partial charge in [-0.05, 0) is 60.7 Å². The minimum absolute atomic E-state index is 0.457. The van der Waals surface area contributed by atoms with Crippen LogP contribution in [0.4, 0.5) is 0 Å². The summed E-state index contributed by atoms with van der Waals surface area (Å²) in [7, 11) is 0. The van der Waals surface area contributed by atoms with Crippen LogP contribution in [0.1, 0.15) is 16.7 Å². The van der Waals surface area contributed by atoms with Crippen molar-refractivity contribution in [1.29, 1.82) is 15.8 Å². The minimum Gasteiger partial charge on any atom is -0.307 e. The molecule has 8 heteroatoms. The molecule has 0 aliphatic carbocycles. The van der Waals surface area contributed by atoms with Crippen molar-refractivity contribution in [3.05, 3.63) is 223 Å². The number of hydrogen-bond donors (Lipinski definition) is 0. The molecule has 8 nitrogen and oxygen atoms in total. The average Bonchev–Trinajstić information content (AvgIpc) is 4.07. The summed E-state index contributed by atoms with van der Waals surface area (Å²) in [4.78, 5) is 10.1. The Morgan fingerprint density at radius 3 is 1.16 bits per heavy atom. The van der Waals surface area contributed by atoms with Crippen LogP contribution in [0, 0.1) is 34.0 Å². The van der Waals surface area contributed by atoms with Gasteiger partial charge in [0.2, 0.25) is 0 Å². The Labute approximate surface area is 395 Å². The fraction of sp³-hybridized carbons (Fsp3) is 0. The smallest absolute Gasteiger partial charge is 0.160 e. The van der Waals surface area contributed by atoms with Gasteiger partial charge in [0, 0.05) is 49.0 Å². The van der Waals surface area contributed by atoms with E-state index in [4.69, 9.17) is 9.97 Å². The van der Waals surface area contributed by atoms with Gasteiger partial charge in [0.05, 0.1) is 78.2 Å². The molecule has 0 bridgehead atoms. The zero-order chi connectivity index (χ0) is 46.2. The molecule has 0 atom stereocenters. The van der Waals surface area contributed by atoms with E-state index >= 15 is 0 Å². The summed E-state index contributed by atoms with van der Waals surface area (Å²) >= 11 is 0. The number of para-hydroxylation sites is 5. The van der Waals surface area contributed by atoms with E-state index in [1.54, 1.807) is 0 Å². The highest BCUT2D eigenvalue weighted by Gasteiger charge is 2.30. The largest absolute Gasteiger partial charge is 0.307 e. The second kappa shape index (κ2) is 15.5. The van der Waals surface area contributed by atoms with Crippen molar-refractivity contribution in [3.8, 4) is 69.2 Å². The molecule has 0 spiro atoms. The first kappa shape index (κ1) is 39.3. The van der Waals surface area contributed by atoms with E-state index in [0.29, 0.717) is 33.9 Å². The molecular weight excluding hydrogens is 845 g/mol. The van der Waals surface area contributed by atoms with Gasteiger partial charge in [0.15, 0.2) is 5.82 Å². The normalized spacial score (nSPS) is 11.4. The van der Waals surface area contributed by atoms with Crippen molar-refractivity contribution in [3.63, 3.8) is 0 Å². The molecule has 4 heterocycles. The third kappa shape index (κ3) is 5.85. The second-order valence-electron chi connectivity index (χ2n) is 17.0. The number of rotatable bonds is 6. The van der Waals surface area contributed by atoms with Crippen LogP contribution in [0.25, 0.3) is 116 Å². The number of nitriles is 3. The van der Waals surface area contributed by atoms with Crippen molar-refractivity contribution in [2.45, 2.75) is 0 Å². The molecular formula is C61H34N8. The summed E-state index contributed by atoms with van der Waals surface area (Å²) in [6.45, 7) is 0. The molecule has 13 rings (SSSR count). The summed E-state index contributed by atoms with van der Waals surface area (Å²) in [5.41, 5.74) is 13.3. The SMILES string of the molecule is N#Cc1ccccc1-n1c2ccccc2c2c1c1c3ccccc3n(-c3ccc(-c4cc(-c5ccccc5)nc(-c5ccccc5)n4)cc3C#N)c1c1c3ccccc3n(-c3ccccc3C#N)c21. The molecule has 0 radical (unpaired) electrons. The average molecular weight is 879 g/mol. The highest BCUT2D eigenvalue weighted by molar-refractivity contribution is 6.40.